The van der Waals surface area contributed by atoms with Gasteiger partial charge in [0.2, 0.25) is 0 Å². The first-order valence-electron chi connectivity index (χ1n) is 6.09. The highest BCUT2D eigenvalue weighted by Crippen LogP contribution is 2.17. The van der Waals surface area contributed by atoms with Gasteiger partial charge in [0.25, 0.3) is 0 Å². The summed E-state index contributed by atoms with van der Waals surface area (Å²) < 4.78 is 5.71. The average molecular weight is 258 g/mol. The van der Waals surface area contributed by atoms with Crippen LogP contribution in [0.1, 0.15) is 22.6 Å². The van der Waals surface area contributed by atoms with Gasteiger partial charge in [-0.05, 0) is 44.0 Å². The largest absolute Gasteiger partial charge is 0.486 e. The molecule has 2 rings (SSSR count). The first kappa shape index (κ1) is 13.3. The second kappa shape index (κ2) is 5.67. The van der Waals surface area contributed by atoms with Crippen LogP contribution in [0.2, 0.25) is 0 Å². The number of benzene rings is 1. The Kier molecular flexibility index (Phi) is 3.97. The van der Waals surface area contributed by atoms with E-state index in [9.17, 15) is 0 Å². The summed E-state index contributed by atoms with van der Waals surface area (Å²) in [5.41, 5.74) is 5.71. The molecule has 0 spiro atoms. The van der Waals surface area contributed by atoms with E-state index in [0.29, 0.717) is 18.2 Å². The van der Waals surface area contributed by atoms with Crippen molar-refractivity contribution in [3.8, 4) is 5.75 Å². The third-order valence-corrected chi connectivity index (χ3v) is 2.61. The Labute approximate surface area is 112 Å². The molecule has 0 fully saturated rings. The third kappa shape index (κ3) is 3.66. The van der Waals surface area contributed by atoms with E-state index in [4.69, 9.17) is 10.6 Å². The predicted molar refractivity (Wildman–Crippen MR) is 74.8 cm³/mol. The second-order valence-electron chi connectivity index (χ2n) is 4.57. The Morgan fingerprint density at radius 1 is 1.05 bits per heavy atom. The van der Waals surface area contributed by atoms with Crippen LogP contribution in [0, 0.1) is 20.8 Å². The molecule has 100 valence electrons. The van der Waals surface area contributed by atoms with Crippen LogP contribution in [-0.2, 0) is 6.61 Å². The topological polar surface area (TPSA) is 73.1 Å². The standard InChI is InChI=1S/C14H18N4O/c1-9-4-10(2)6-12(5-9)19-8-14-16-11(3)7-13(17-14)18-15/h4-7H,8,15H2,1-3H3,(H,16,17,18). The van der Waals surface area contributed by atoms with Gasteiger partial charge in [-0.2, -0.15) is 0 Å². The molecule has 0 saturated heterocycles. The fraction of sp³-hybridized carbons (Fsp3) is 0.286. The highest BCUT2D eigenvalue weighted by Gasteiger charge is 2.03. The molecule has 0 aliphatic heterocycles. The van der Waals surface area contributed by atoms with Crippen molar-refractivity contribution in [2.75, 3.05) is 5.43 Å². The molecular weight excluding hydrogens is 240 g/mol. The maximum absolute atomic E-state index is 5.71. The van der Waals surface area contributed by atoms with Gasteiger partial charge in [-0.1, -0.05) is 6.07 Å². The van der Waals surface area contributed by atoms with Gasteiger partial charge in [0.05, 0.1) is 0 Å². The summed E-state index contributed by atoms with van der Waals surface area (Å²) in [4.78, 5) is 8.55. The molecule has 0 aliphatic rings. The Balaban J connectivity index is 2.11. The maximum Gasteiger partial charge on any atom is 0.168 e. The van der Waals surface area contributed by atoms with Crippen molar-refractivity contribution in [2.24, 2.45) is 5.84 Å². The Bertz CT molecular complexity index is 563. The van der Waals surface area contributed by atoms with Crippen molar-refractivity contribution in [1.82, 2.24) is 9.97 Å². The molecule has 2 aromatic rings. The SMILES string of the molecule is Cc1cc(C)cc(OCc2nc(C)cc(NN)n2)c1. The van der Waals surface area contributed by atoms with Gasteiger partial charge in [-0.3, -0.25) is 0 Å². The number of aryl methyl sites for hydroxylation is 3. The van der Waals surface area contributed by atoms with Crippen LogP contribution in [0.4, 0.5) is 5.82 Å². The minimum atomic E-state index is 0.319. The van der Waals surface area contributed by atoms with Gasteiger partial charge < -0.3 is 10.2 Å². The Hall–Kier alpha value is -2.14. The number of hydrazine groups is 1. The van der Waals surface area contributed by atoms with E-state index in [0.717, 1.165) is 11.4 Å². The van der Waals surface area contributed by atoms with Gasteiger partial charge in [0.1, 0.15) is 18.2 Å². The molecule has 1 aromatic carbocycles. The Morgan fingerprint density at radius 3 is 2.37 bits per heavy atom. The third-order valence-electron chi connectivity index (χ3n) is 2.61. The van der Waals surface area contributed by atoms with E-state index in [1.165, 1.54) is 11.1 Å². The van der Waals surface area contributed by atoms with Crippen LogP contribution >= 0.6 is 0 Å². The van der Waals surface area contributed by atoms with Gasteiger partial charge in [-0.25, -0.2) is 15.8 Å². The van der Waals surface area contributed by atoms with E-state index in [-0.39, 0.29) is 0 Å². The summed E-state index contributed by atoms with van der Waals surface area (Å²) in [6, 6.07) is 7.86. The zero-order valence-corrected chi connectivity index (χ0v) is 11.4. The number of anilines is 1. The minimum Gasteiger partial charge on any atom is -0.486 e. The van der Waals surface area contributed by atoms with Crippen LogP contribution in [0.25, 0.3) is 0 Å². The number of nitrogens with zero attached hydrogens (tertiary/aromatic N) is 2. The highest BCUT2D eigenvalue weighted by atomic mass is 16.5. The summed E-state index contributed by atoms with van der Waals surface area (Å²) in [5.74, 6) is 7.37. The average Bonchev–Trinajstić information content (AvgIpc) is 2.34. The van der Waals surface area contributed by atoms with Crippen molar-refractivity contribution < 1.29 is 4.74 Å². The fourth-order valence-corrected chi connectivity index (χ4v) is 1.93. The van der Waals surface area contributed by atoms with E-state index in [1.54, 1.807) is 6.07 Å². The number of rotatable bonds is 4. The summed E-state index contributed by atoms with van der Waals surface area (Å²) in [6.45, 7) is 6.29. The normalized spacial score (nSPS) is 10.3. The van der Waals surface area contributed by atoms with Crippen LogP contribution in [0.5, 0.6) is 5.75 Å². The van der Waals surface area contributed by atoms with Gasteiger partial charge >= 0.3 is 0 Å². The molecule has 0 radical (unpaired) electrons. The van der Waals surface area contributed by atoms with Gasteiger partial charge in [0, 0.05) is 11.8 Å². The van der Waals surface area contributed by atoms with Crippen LogP contribution in [-0.4, -0.2) is 9.97 Å². The second-order valence-corrected chi connectivity index (χ2v) is 4.57. The van der Waals surface area contributed by atoms with Crippen molar-refractivity contribution in [1.29, 1.82) is 0 Å². The summed E-state index contributed by atoms with van der Waals surface area (Å²) in [5, 5.41) is 0. The van der Waals surface area contributed by atoms with E-state index in [1.807, 2.05) is 32.9 Å². The lowest BCUT2D eigenvalue weighted by Crippen LogP contribution is -2.12. The first-order valence-corrected chi connectivity index (χ1v) is 6.09. The molecule has 5 nitrogen and oxygen atoms in total. The maximum atomic E-state index is 5.71. The zero-order chi connectivity index (χ0) is 13.8. The smallest absolute Gasteiger partial charge is 0.168 e. The van der Waals surface area contributed by atoms with Crippen molar-refractivity contribution in [3.05, 3.63) is 46.9 Å². The number of aromatic nitrogens is 2. The van der Waals surface area contributed by atoms with E-state index < -0.39 is 0 Å². The first-order chi connectivity index (χ1) is 9.06. The number of hydrogen-bond donors (Lipinski definition) is 2. The number of nitrogen functional groups attached to an aromatic ring is 1. The number of hydrogen-bond acceptors (Lipinski definition) is 5. The quantitative estimate of drug-likeness (QED) is 0.650. The summed E-state index contributed by atoms with van der Waals surface area (Å²) >= 11 is 0. The lowest BCUT2D eigenvalue weighted by molar-refractivity contribution is 0.295. The molecular formula is C14H18N4O. The van der Waals surface area contributed by atoms with Crippen molar-refractivity contribution in [3.63, 3.8) is 0 Å². The van der Waals surface area contributed by atoms with Crippen molar-refractivity contribution >= 4 is 5.82 Å². The monoisotopic (exact) mass is 258 g/mol. The molecule has 19 heavy (non-hydrogen) atoms. The molecule has 0 unspecified atom stereocenters. The molecule has 1 heterocycles. The molecule has 0 aliphatic carbocycles. The van der Waals surface area contributed by atoms with Crippen LogP contribution in [0.3, 0.4) is 0 Å². The molecule has 5 heteroatoms. The van der Waals surface area contributed by atoms with Gasteiger partial charge in [-0.15, -0.1) is 0 Å². The fourth-order valence-electron chi connectivity index (χ4n) is 1.93. The molecule has 0 atom stereocenters. The zero-order valence-electron chi connectivity index (χ0n) is 11.4. The number of nitrogens with one attached hydrogen (secondary N) is 1. The van der Waals surface area contributed by atoms with E-state index in [2.05, 4.69) is 21.5 Å². The lowest BCUT2D eigenvalue weighted by Gasteiger charge is -2.09. The Morgan fingerprint density at radius 2 is 1.74 bits per heavy atom. The molecule has 0 amide bonds. The van der Waals surface area contributed by atoms with Gasteiger partial charge in [0.15, 0.2) is 5.82 Å². The van der Waals surface area contributed by atoms with E-state index >= 15 is 0 Å². The highest BCUT2D eigenvalue weighted by molar-refractivity contribution is 5.35. The van der Waals surface area contributed by atoms with Crippen LogP contribution < -0.4 is 16.0 Å². The molecule has 1 aromatic heterocycles. The molecule has 0 bridgehead atoms. The molecule has 0 saturated carbocycles. The number of ether oxygens (including phenoxy) is 1. The predicted octanol–water partition coefficient (Wildman–Crippen LogP) is 2.27. The summed E-state index contributed by atoms with van der Waals surface area (Å²) in [6.07, 6.45) is 0. The minimum absolute atomic E-state index is 0.319. The lowest BCUT2D eigenvalue weighted by atomic mass is 10.1. The van der Waals surface area contributed by atoms with Crippen molar-refractivity contribution in [2.45, 2.75) is 27.4 Å². The van der Waals surface area contributed by atoms with Crippen LogP contribution in [0.15, 0.2) is 24.3 Å². The number of nitrogens with two attached hydrogens (primary N) is 1. The molecule has 3 N–H and O–H groups in total. The summed E-state index contributed by atoms with van der Waals surface area (Å²) in [7, 11) is 0.